The number of anilines is 2. The van der Waals surface area contributed by atoms with Gasteiger partial charge in [0.2, 0.25) is 0 Å². The highest BCUT2D eigenvalue weighted by molar-refractivity contribution is 14.1. The second-order valence-corrected chi connectivity index (χ2v) is 11.1. The molecule has 5 amide bonds. The van der Waals surface area contributed by atoms with E-state index in [1.54, 1.807) is 24.3 Å². The normalized spacial score (nSPS) is 13.9. The number of nitrogens with zero attached hydrogens (tertiary/aromatic N) is 1. The first kappa shape index (κ1) is 32.9. The maximum atomic E-state index is 13.5. The highest BCUT2D eigenvalue weighted by Crippen LogP contribution is 2.36. The zero-order valence-electron chi connectivity index (χ0n) is 23.7. The number of carbonyl (C=O) groups excluding carboxylic acids is 4. The van der Waals surface area contributed by atoms with Crippen molar-refractivity contribution in [3.63, 3.8) is 0 Å². The summed E-state index contributed by atoms with van der Waals surface area (Å²) >= 11 is 13.9. The van der Waals surface area contributed by atoms with Crippen LogP contribution in [0.5, 0.6) is 23.0 Å². The molecule has 1 saturated heterocycles. The van der Waals surface area contributed by atoms with Crippen LogP contribution in [0.15, 0.2) is 54.1 Å². The third-order valence-electron chi connectivity index (χ3n) is 6.08. The maximum absolute atomic E-state index is 13.5. The number of benzene rings is 3. The first-order valence-electron chi connectivity index (χ1n) is 13.0. The summed E-state index contributed by atoms with van der Waals surface area (Å²) in [7, 11) is 2.85. The Morgan fingerprint density at radius 1 is 0.955 bits per heavy atom. The van der Waals surface area contributed by atoms with Crippen molar-refractivity contribution in [1.82, 2.24) is 5.32 Å². The molecule has 3 aromatic rings. The molecule has 4 rings (SSSR count). The molecule has 0 aliphatic carbocycles. The summed E-state index contributed by atoms with van der Waals surface area (Å²) in [6.07, 6.45) is 2.11. The van der Waals surface area contributed by atoms with Crippen molar-refractivity contribution in [2.75, 3.05) is 37.7 Å². The molecule has 14 heteroatoms. The predicted octanol–water partition coefficient (Wildman–Crippen LogP) is 6.09. The van der Waals surface area contributed by atoms with Crippen LogP contribution in [0.1, 0.15) is 18.9 Å². The molecule has 230 valence electrons. The molecule has 11 nitrogen and oxygen atoms in total. The number of methoxy groups -OCH3 is 2. The zero-order valence-corrected chi connectivity index (χ0v) is 27.3. The quantitative estimate of drug-likeness (QED) is 0.137. The smallest absolute Gasteiger partial charge is 0.335 e. The molecule has 2 N–H and O–H groups in total. The molecule has 1 aliphatic rings. The van der Waals surface area contributed by atoms with E-state index in [1.807, 2.05) is 29.5 Å². The highest BCUT2D eigenvalue weighted by atomic mass is 127. The van der Waals surface area contributed by atoms with Crippen LogP contribution in [0.3, 0.4) is 0 Å². The predicted molar refractivity (Wildman–Crippen MR) is 174 cm³/mol. The van der Waals surface area contributed by atoms with E-state index in [2.05, 4.69) is 10.6 Å². The highest BCUT2D eigenvalue weighted by Gasteiger charge is 2.37. The van der Waals surface area contributed by atoms with Crippen LogP contribution in [0.4, 0.5) is 16.2 Å². The van der Waals surface area contributed by atoms with Gasteiger partial charge in [0.05, 0.1) is 40.1 Å². The first-order valence-corrected chi connectivity index (χ1v) is 14.9. The lowest BCUT2D eigenvalue weighted by atomic mass is 10.1. The molecule has 0 atom stereocenters. The van der Waals surface area contributed by atoms with E-state index in [9.17, 15) is 19.2 Å². The molecule has 1 fully saturated rings. The fraction of sp³-hybridized carbons (Fsp3) is 0.200. The number of carbonyl (C=O) groups is 4. The largest absolute Gasteiger partial charge is 0.493 e. The molecule has 1 heterocycles. The van der Waals surface area contributed by atoms with Gasteiger partial charge >= 0.3 is 6.03 Å². The van der Waals surface area contributed by atoms with Crippen molar-refractivity contribution >= 4 is 87.0 Å². The molecule has 0 saturated carbocycles. The topological polar surface area (TPSA) is 132 Å². The minimum atomic E-state index is -0.906. The molecule has 0 unspecified atom stereocenters. The second kappa shape index (κ2) is 14.6. The van der Waals surface area contributed by atoms with Gasteiger partial charge in [0, 0.05) is 11.8 Å². The van der Waals surface area contributed by atoms with Crippen molar-refractivity contribution in [3.05, 3.63) is 73.3 Å². The van der Waals surface area contributed by atoms with Crippen LogP contribution >= 0.6 is 45.8 Å². The lowest BCUT2D eigenvalue weighted by Gasteiger charge is -2.27. The Kier molecular flexibility index (Phi) is 10.9. The van der Waals surface area contributed by atoms with E-state index in [-0.39, 0.29) is 29.4 Å². The van der Waals surface area contributed by atoms with Crippen molar-refractivity contribution < 1.29 is 38.1 Å². The lowest BCUT2D eigenvalue weighted by molar-refractivity contribution is -0.122. The average Bonchev–Trinajstić information content (AvgIpc) is 2.99. The van der Waals surface area contributed by atoms with Crippen molar-refractivity contribution in [2.45, 2.75) is 13.3 Å². The van der Waals surface area contributed by atoms with Gasteiger partial charge in [-0.15, -0.1) is 0 Å². The lowest BCUT2D eigenvalue weighted by Crippen LogP contribution is -2.54. The molecular formula is C30H26Cl2IN3O8. The molecule has 0 aromatic heterocycles. The number of barbiturate groups is 1. The number of halogens is 3. The minimum absolute atomic E-state index is 0.182. The summed E-state index contributed by atoms with van der Waals surface area (Å²) in [5.74, 6) is -0.868. The molecule has 0 spiro atoms. The molecule has 3 aromatic carbocycles. The number of hydrogen-bond donors (Lipinski definition) is 2. The van der Waals surface area contributed by atoms with Gasteiger partial charge in [-0.1, -0.05) is 30.1 Å². The van der Waals surface area contributed by atoms with Crippen LogP contribution in [0.25, 0.3) is 6.08 Å². The van der Waals surface area contributed by atoms with Crippen molar-refractivity contribution in [2.24, 2.45) is 0 Å². The number of hydrogen-bond acceptors (Lipinski definition) is 8. The summed E-state index contributed by atoms with van der Waals surface area (Å²) < 4.78 is 22.7. The van der Waals surface area contributed by atoms with Gasteiger partial charge in [0.25, 0.3) is 17.7 Å². The van der Waals surface area contributed by atoms with Gasteiger partial charge < -0.3 is 24.3 Å². The van der Waals surface area contributed by atoms with Crippen LogP contribution in [0.2, 0.25) is 10.0 Å². The Morgan fingerprint density at radius 2 is 1.70 bits per heavy atom. The standard InChI is InChI=1S/C30H26Cl2IN3O8/c1-4-9-43-23-8-6-18(14-24(23)41-2)36-29(39)19(28(38)35-30(36)40)10-16-11-22(33)27(25(12-16)42-3)44-15-26(37)34-17-5-7-20(31)21(32)13-17/h5-8,10-14H,4,9,15H2,1-3H3,(H,34,37)(H,35,38,40)/b19-10-. The van der Waals surface area contributed by atoms with Crippen LogP contribution < -0.4 is 34.5 Å². The van der Waals surface area contributed by atoms with Crippen molar-refractivity contribution in [3.8, 4) is 23.0 Å². The SMILES string of the molecule is CCCOc1ccc(N2C(=O)NC(=O)/C(=C/c3cc(I)c(OCC(=O)Nc4ccc(Cl)c(Cl)c4)c(OC)c3)C2=O)cc1OC. The molecule has 0 bridgehead atoms. The second-order valence-electron chi connectivity index (χ2n) is 9.14. The maximum Gasteiger partial charge on any atom is 0.335 e. The Bertz CT molecular complexity index is 1660. The van der Waals surface area contributed by atoms with Gasteiger partial charge in [-0.25, -0.2) is 9.69 Å². The Labute approximate surface area is 276 Å². The average molecular weight is 754 g/mol. The monoisotopic (exact) mass is 753 g/mol. The van der Waals surface area contributed by atoms with E-state index < -0.39 is 23.8 Å². The fourth-order valence-electron chi connectivity index (χ4n) is 4.06. The Hall–Kier alpha value is -4.01. The molecule has 0 radical (unpaired) electrons. The number of amides is 5. The summed E-state index contributed by atoms with van der Waals surface area (Å²) in [5.41, 5.74) is 0.746. The Morgan fingerprint density at radius 3 is 2.39 bits per heavy atom. The van der Waals surface area contributed by atoms with E-state index in [0.717, 1.165) is 11.3 Å². The van der Waals surface area contributed by atoms with Crippen LogP contribution in [-0.4, -0.2) is 51.2 Å². The van der Waals surface area contributed by atoms with Gasteiger partial charge in [-0.05, 0) is 83.1 Å². The number of ether oxygens (including phenoxy) is 4. The third kappa shape index (κ3) is 7.55. The fourth-order valence-corrected chi connectivity index (χ4v) is 5.14. The zero-order chi connectivity index (χ0) is 32.0. The van der Waals surface area contributed by atoms with E-state index in [4.69, 9.17) is 42.1 Å². The number of imide groups is 2. The van der Waals surface area contributed by atoms with Gasteiger partial charge in [-0.3, -0.25) is 19.7 Å². The first-order chi connectivity index (χ1) is 21.1. The third-order valence-corrected chi connectivity index (χ3v) is 7.62. The molecule has 44 heavy (non-hydrogen) atoms. The van der Waals surface area contributed by atoms with Gasteiger partial charge in [0.15, 0.2) is 29.6 Å². The summed E-state index contributed by atoms with van der Waals surface area (Å²) in [6, 6.07) is 11.5. The number of rotatable bonds is 11. The summed E-state index contributed by atoms with van der Waals surface area (Å²) in [5, 5.41) is 5.51. The number of urea groups is 1. The van der Waals surface area contributed by atoms with Crippen LogP contribution in [0, 0.1) is 3.57 Å². The van der Waals surface area contributed by atoms with Gasteiger partial charge in [0.1, 0.15) is 5.57 Å². The van der Waals surface area contributed by atoms with E-state index in [1.165, 1.54) is 44.6 Å². The van der Waals surface area contributed by atoms with Crippen molar-refractivity contribution in [1.29, 1.82) is 0 Å². The van der Waals surface area contributed by atoms with Crippen LogP contribution in [-0.2, 0) is 14.4 Å². The molecular weight excluding hydrogens is 728 g/mol. The number of nitrogens with one attached hydrogen (secondary N) is 2. The molecule has 1 aliphatic heterocycles. The minimum Gasteiger partial charge on any atom is -0.493 e. The van der Waals surface area contributed by atoms with E-state index >= 15 is 0 Å². The summed E-state index contributed by atoms with van der Waals surface area (Å²) in [4.78, 5) is 52.3. The van der Waals surface area contributed by atoms with E-state index in [0.29, 0.717) is 43.0 Å². The van der Waals surface area contributed by atoms with Gasteiger partial charge in [-0.2, -0.15) is 0 Å². The Balaban J connectivity index is 1.56. The summed E-state index contributed by atoms with van der Waals surface area (Å²) in [6.45, 7) is 2.06.